The number of piperidine rings is 1. The fourth-order valence-corrected chi connectivity index (χ4v) is 2.60. The number of likely N-dealkylation sites (tertiary alicyclic amines) is 1. The monoisotopic (exact) mass is 255 g/mol. The maximum absolute atomic E-state index is 13.0. The summed E-state index contributed by atoms with van der Waals surface area (Å²) in [4.78, 5) is 2.41. The molecular weight excluding hydrogens is 237 g/mol. The summed E-state index contributed by atoms with van der Waals surface area (Å²) in [6, 6.07) is 5.04. The molecule has 1 aliphatic heterocycles. The van der Waals surface area contributed by atoms with Gasteiger partial charge in [0.05, 0.1) is 0 Å². The highest BCUT2D eigenvalue weighted by molar-refractivity contribution is 6.20. The fourth-order valence-electron chi connectivity index (χ4n) is 2.42. The minimum absolute atomic E-state index is 0.154. The van der Waals surface area contributed by atoms with E-state index in [4.69, 9.17) is 11.6 Å². The normalized spacial score (nSPS) is 26.1. The highest BCUT2D eigenvalue weighted by atomic mass is 35.5. The van der Waals surface area contributed by atoms with Crippen molar-refractivity contribution in [2.75, 3.05) is 13.1 Å². The zero-order valence-electron chi connectivity index (χ0n) is 10.4. The van der Waals surface area contributed by atoms with E-state index in [1.807, 2.05) is 13.0 Å². The summed E-state index contributed by atoms with van der Waals surface area (Å²) in [5, 5.41) is 0.306. The van der Waals surface area contributed by atoms with Crippen molar-refractivity contribution in [3.63, 3.8) is 0 Å². The van der Waals surface area contributed by atoms with Crippen molar-refractivity contribution < 1.29 is 4.39 Å². The first-order valence-corrected chi connectivity index (χ1v) is 6.61. The molecule has 17 heavy (non-hydrogen) atoms. The Morgan fingerprint density at radius 3 is 2.88 bits per heavy atom. The SMILES string of the molecule is Cc1cc(F)ccc1CN1CCC(Cl)C(C)C1. The Balaban J connectivity index is 2.01. The van der Waals surface area contributed by atoms with Crippen LogP contribution in [0.5, 0.6) is 0 Å². The minimum atomic E-state index is -0.154. The van der Waals surface area contributed by atoms with Gasteiger partial charge in [-0.1, -0.05) is 13.0 Å². The molecule has 94 valence electrons. The largest absolute Gasteiger partial charge is 0.299 e. The molecule has 3 heteroatoms. The summed E-state index contributed by atoms with van der Waals surface area (Å²) in [7, 11) is 0. The highest BCUT2D eigenvalue weighted by Gasteiger charge is 2.24. The van der Waals surface area contributed by atoms with Crippen LogP contribution in [0.1, 0.15) is 24.5 Å². The number of nitrogens with zero attached hydrogens (tertiary/aromatic N) is 1. The highest BCUT2D eigenvalue weighted by Crippen LogP contribution is 2.23. The molecule has 0 aliphatic carbocycles. The first-order chi connectivity index (χ1) is 8.06. The van der Waals surface area contributed by atoms with Gasteiger partial charge in [-0.25, -0.2) is 4.39 Å². The number of benzene rings is 1. The Morgan fingerprint density at radius 1 is 1.47 bits per heavy atom. The lowest BCUT2D eigenvalue weighted by molar-refractivity contribution is 0.179. The predicted molar refractivity (Wildman–Crippen MR) is 69.8 cm³/mol. The zero-order chi connectivity index (χ0) is 12.4. The first kappa shape index (κ1) is 12.8. The number of aryl methyl sites for hydroxylation is 1. The van der Waals surface area contributed by atoms with Gasteiger partial charge in [-0.05, 0) is 49.1 Å². The van der Waals surface area contributed by atoms with Crippen LogP contribution in [-0.2, 0) is 6.54 Å². The number of alkyl halides is 1. The van der Waals surface area contributed by atoms with Crippen molar-refractivity contribution in [3.8, 4) is 0 Å². The third-order valence-corrected chi connectivity index (χ3v) is 4.23. The second kappa shape index (κ2) is 5.36. The molecular formula is C14H19ClFN. The number of hydrogen-bond donors (Lipinski definition) is 0. The summed E-state index contributed by atoms with van der Waals surface area (Å²) in [6.45, 7) is 7.14. The Bertz CT molecular complexity index is 394. The molecule has 1 aromatic carbocycles. The van der Waals surface area contributed by atoms with Crippen LogP contribution in [0.25, 0.3) is 0 Å². The standard InChI is InChI=1S/C14H19ClFN/c1-10-7-13(16)4-3-12(10)9-17-6-5-14(15)11(2)8-17/h3-4,7,11,14H,5-6,8-9H2,1-2H3. The van der Waals surface area contributed by atoms with Crippen molar-refractivity contribution in [1.29, 1.82) is 0 Å². The van der Waals surface area contributed by atoms with Gasteiger partial charge in [-0.3, -0.25) is 4.90 Å². The van der Waals surface area contributed by atoms with Crippen LogP contribution in [0.15, 0.2) is 18.2 Å². The van der Waals surface area contributed by atoms with E-state index in [2.05, 4.69) is 11.8 Å². The van der Waals surface area contributed by atoms with E-state index in [-0.39, 0.29) is 5.82 Å². The molecule has 0 aromatic heterocycles. The molecule has 1 saturated heterocycles. The molecule has 0 amide bonds. The molecule has 1 heterocycles. The van der Waals surface area contributed by atoms with Crippen molar-refractivity contribution in [2.24, 2.45) is 5.92 Å². The van der Waals surface area contributed by atoms with E-state index in [9.17, 15) is 4.39 Å². The van der Waals surface area contributed by atoms with E-state index in [0.717, 1.165) is 31.6 Å². The zero-order valence-corrected chi connectivity index (χ0v) is 11.2. The van der Waals surface area contributed by atoms with E-state index >= 15 is 0 Å². The maximum Gasteiger partial charge on any atom is 0.123 e. The molecule has 1 aliphatic rings. The van der Waals surface area contributed by atoms with Crippen molar-refractivity contribution in [2.45, 2.75) is 32.2 Å². The Kier molecular flexibility index (Phi) is 4.05. The van der Waals surface area contributed by atoms with E-state index < -0.39 is 0 Å². The molecule has 2 atom stereocenters. The lowest BCUT2D eigenvalue weighted by Crippen LogP contribution is -2.39. The predicted octanol–water partition coefficient (Wildman–Crippen LogP) is 3.58. The Morgan fingerprint density at radius 2 is 2.24 bits per heavy atom. The second-order valence-electron chi connectivity index (χ2n) is 5.09. The molecule has 0 spiro atoms. The smallest absolute Gasteiger partial charge is 0.123 e. The molecule has 0 radical (unpaired) electrons. The summed E-state index contributed by atoms with van der Waals surface area (Å²) in [5.74, 6) is 0.380. The van der Waals surface area contributed by atoms with Gasteiger partial charge in [0.15, 0.2) is 0 Å². The molecule has 1 fully saturated rings. The number of rotatable bonds is 2. The lowest BCUT2D eigenvalue weighted by Gasteiger charge is -2.34. The Labute approximate surface area is 108 Å². The molecule has 2 rings (SSSR count). The van der Waals surface area contributed by atoms with Gasteiger partial charge < -0.3 is 0 Å². The van der Waals surface area contributed by atoms with Crippen LogP contribution < -0.4 is 0 Å². The lowest BCUT2D eigenvalue weighted by atomic mass is 9.98. The van der Waals surface area contributed by atoms with Gasteiger partial charge in [-0.15, -0.1) is 11.6 Å². The third-order valence-electron chi connectivity index (χ3n) is 3.58. The number of hydrogen-bond acceptors (Lipinski definition) is 1. The molecule has 0 N–H and O–H groups in total. The van der Waals surface area contributed by atoms with E-state index in [0.29, 0.717) is 11.3 Å². The van der Waals surface area contributed by atoms with Crippen LogP contribution in [0.4, 0.5) is 4.39 Å². The molecule has 0 bridgehead atoms. The summed E-state index contributed by atoms with van der Waals surface area (Å²) < 4.78 is 13.0. The number of halogens is 2. The topological polar surface area (TPSA) is 3.24 Å². The van der Waals surface area contributed by atoms with Crippen molar-refractivity contribution >= 4 is 11.6 Å². The molecule has 1 aromatic rings. The van der Waals surface area contributed by atoms with Crippen molar-refractivity contribution in [3.05, 3.63) is 35.1 Å². The van der Waals surface area contributed by atoms with Crippen LogP contribution >= 0.6 is 11.6 Å². The minimum Gasteiger partial charge on any atom is -0.299 e. The fraction of sp³-hybridized carbons (Fsp3) is 0.571. The molecule has 2 unspecified atom stereocenters. The van der Waals surface area contributed by atoms with Gasteiger partial charge >= 0.3 is 0 Å². The summed E-state index contributed by atoms with van der Waals surface area (Å²) in [5.41, 5.74) is 2.25. The van der Waals surface area contributed by atoms with Crippen LogP contribution in [0, 0.1) is 18.7 Å². The van der Waals surface area contributed by atoms with E-state index in [1.165, 1.54) is 5.56 Å². The van der Waals surface area contributed by atoms with Gasteiger partial charge in [0.25, 0.3) is 0 Å². The first-order valence-electron chi connectivity index (χ1n) is 6.17. The quantitative estimate of drug-likeness (QED) is 0.730. The summed E-state index contributed by atoms with van der Waals surface area (Å²) in [6.07, 6.45) is 1.04. The van der Waals surface area contributed by atoms with Gasteiger partial charge in [0.1, 0.15) is 5.82 Å². The molecule has 1 nitrogen and oxygen atoms in total. The van der Waals surface area contributed by atoms with Gasteiger partial charge in [0, 0.05) is 18.5 Å². The van der Waals surface area contributed by atoms with E-state index in [1.54, 1.807) is 12.1 Å². The average molecular weight is 256 g/mol. The van der Waals surface area contributed by atoms with Gasteiger partial charge in [-0.2, -0.15) is 0 Å². The molecule has 0 saturated carbocycles. The van der Waals surface area contributed by atoms with Crippen LogP contribution in [0.3, 0.4) is 0 Å². The third kappa shape index (κ3) is 3.20. The van der Waals surface area contributed by atoms with Crippen molar-refractivity contribution in [1.82, 2.24) is 4.90 Å². The summed E-state index contributed by atoms with van der Waals surface area (Å²) >= 11 is 6.21. The van der Waals surface area contributed by atoms with Crippen LogP contribution in [-0.4, -0.2) is 23.4 Å². The Hall–Kier alpha value is -0.600. The maximum atomic E-state index is 13.0. The average Bonchev–Trinajstić information content (AvgIpc) is 2.27. The second-order valence-corrected chi connectivity index (χ2v) is 5.65. The van der Waals surface area contributed by atoms with Crippen LogP contribution in [0.2, 0.25) is 0 Å². The van der Waals surface area contributed by atoms with Gasteiger partial charge in [0.2, 0.25) is 0 Å².